The normalized spacial score (nSPS) is 10.6. The van der Waals surface area contributed by atoms with Gasteiger partial charge in [0.15, 0.2) is 5.78 Å². The van der Waals surface area contributed by atoms with Crippen LogP contribution < -0.4 is 5.32 Å². The Bertz CT molecular complexity index is 1230. The van der Waals surface area contributed by atoms with Crippen molar-refractivity contribution in [1.29, 1.82) is 0 Å². The fraction of sp³-hybridized carbons (Fsp3) is 0.0435. The maximum Gasteiger partial charge on any atom is 0.277 e. The van der Waals surface area contributed by atoms with E-state index in [1.807, 2.05) is 6.07 Å². The average Bonchev–Trinajstić information content (AvgIpc) is 3.27. The highest BCUT2D eigenvalue weighted by Gasteiger charge is 2.16. The summed E-state index contributed by atoms with van der Waals surface area (Å²) in [6.45, 7) is 0. The van der Waals surface area contributed by atoms with Crippen LogP contribution in [0.1, 0.15) is 15.9 Å². The topological polar surface area (TPSA) is 85.1 Å². The molecule has 0 aliphatic heterocycles. The second-order valence-corrected chi connectivity index (χ2v) is 7.39. The number of thioether (sulfide) groups is 1. The molecule has 8 heteroatoms. The first-order valence-corrected chi connectivity index (χ1v) is 10.3. The van der Waals surface area contributed by atoms with Gasteiger partial charge in [-0.15, -0.1) is 10.2 Å². The number of anilines is 1. The van der Waals surface area contributed by atoms with Crippen molar-refractivity contribution in [3.63, 3.8) is 0 Å². The standard InChI is InChI=1S/C23H16FN3O3S/c24-17-10-6-9-16(13-17)22-26-27-23(30-22)31-14-20(28)25-19-12-5-4-11-18(19)21(29)15-7-2-1-3-8-15/h1-13H,14H2,(H,25,28). The summed E-state index contributed by atoms with van der Waals surface area (Å²) in [5.74, 6) is -0.752. The van der Waals surface area contributed by atoms with Gasteiger partial charge < -0.3 is 9.73 Å². The minimum absolute atomic E-state index is 0.00134. The molecule has 1 amide bonds. The SMILES string of the molecule is O=C(CSc1nnc(-c2cccc(F)c2)o1)Nc1ccccc1C(=O)c1ccccc1. The van der Waals surface area contributed by atoms with Crippen molar-refractivity contribution >= 4 is 29.1 Å². The van der Waals surface area contributed by atoms with Gasteiger partial charge in [-0.2, -0.15) is 0 Å². The lowest BCUT2D eigenvalue weighted by Crippen LogP contribution is -2.17. The lowest BCUT2D eigenvalue weighted by atomic mass is 10.0. The van der Waals surface area contributed by atoms with Crippen molar-refractivity contribution in [1.82, 2.24) is 10.2 Å². The van der Waals surface area contributed by atoms with E-state index in [1.54, 1.807) is 60.7 Å². The van der Waals surface area contributed by atoms with Crippen LogP contribution in [0, 0.1) is 5.82 Å². The van der Waals surface area contributed by atoms with Crippen LogP contribution in [-0.4, -0.2) is 27.6 Å². The van der Waals surface area contributed by atoms with Crippen molar-refractivity contribution in [2.75, 3.05) is 11.1 Å². The predicted molar refractivity (Wildman–Crippen MR) is 115 cm³/mol. The van der Waals surface area contributed by atoms with Gasteiger partial charge in [-0.1, -0.05) is 60.3 Å². The summed E-state index contributed by atoms with van der Waals surface area (Å²) in [7, 11) is 0. The molecule has 154 valence electrons. The molecule has 0 fully saturated rings. The lowest BCUT2D eigenvalue weighted by Gasteiger charge is -2.10. The smallest absolute Gasteiger partial charge is 0.277 e. The number of amides is 1. The summed E-state index contributed by atoms with van der Waals surface area (Å²) in [6, 6.07) is 21.5. The number of benzene rings is 3. The van der Waals surface area contributed by atoms with Gasteiger partial charge in [-0.25, -0.2) is 4.39 Å². The van der Waals surface area contributed by atoms with Gasteiger partial charge in [0.25, 0.3) is 5.22 Å². The van der Waals surface area contributed by atoms with E-state index in [-0.39, 0.29) is 28.6 Å². The summed E-state index contributed by atoms with van der Waals surface area (Å²) < 4.78 is 18.8. The summed E-state index contributed by atoms with van der Waals surface area (Å²) in [6.07, 6.45) is 0. The van der Waals surface area contributed by atoms with Crippen molar-refractivity contribution in [2.24, 2.45) is 0 Å². The molecule has 0 unspecified atom stereocenters. The molecule has 6 nitrogen and oxygen atoms in total. The molecule has 0 bridgehead atoms. The number of ketones is 1. The number of hydrogen-bond donors (Lipinski definition) is 1. The fourth-order valence-electron chi connectivity index (χ4n) is 2.85. The molecule has 4 rings (SSSR count). The van der Waals surface area contributed by atoms with Gasteiger partial charge >= 0.3 is 0 Å². The van der Waals surface area contributed by atoms with Crippen molar-refractivity contribution in [3.05, 3.63) is 95.8 Å². The molecule has 4 aromatic rings. The third kappa shape index (κ3) is 5.04. The Morgan fingerprint density at radius 2 is 1.71 bits per heavy atom. The summed E-state index contributed by atoms with van der Waals surface area (Å²) in [5.41, 5.74) is 1.82. The minimum atomic E-state index is -0.409. The molecule has 0 radical (unpaired) electrons. The Hall–Kier alpha value is -3.78. The van der Waals surface area contributed by atoms with E-state index < -0.39 is 5.82 Å². The largest absolute Gasteiger partial charge is 0.411 e. The molecule has 0 saturated carbocycles. The number of para-hydroxylation sites is 1. The predicted octanol–water partition coefficient (Wildman–Crippen LogP) is 4.84. The molecule has 0 saturated heterocycles. The number of nitrogens with zero attached hydrogens (tertiary/aromatic N) is 2. The quantitative estimate of drug-likeness (QED) is 0.332. The van der Waals surface area contributed by atoms with Gasteiger partial charge in [-0.05, 0) is 30.3 Å². The Balaban J connectivity index is 1.41. The van der Waals surface area contributed by atoms with Crippen molar-refractivity contribution < 1.29 is 18.4 Å². The van der Waals surface area contributed by atoms with Crippen LogP contribution in [0.4, 0.5) is 10.1 Å². The molecule has 0 aliphatic carbocycles. The second-order valence-electron chi connectivity index (χ2n) is 6.46. The zero-order valence-corrected chi connectivity index (χ0v) is 16.9. The van der Waals surface area contributed by atoms with Crippen molar-refractivity contribution in [2.45, 2.75) is 5.22 Å². The monoisotopic (exact) mass is 433 g/mol. The Kier molecular flexibility index (Phi) is 6.18. The second kappa shape index (κ2) is 9.36. The molecule has 0 atom stereocenters. The number of carbonyl (C=O) groups is 2. The first-order valence-electron chi connectivity index (χ1n) is 9.31. The third-order valence-corrected chi connectivity index (χ3v) is 5.10. The molecular weight excluding hydrogens is 417 g/mol. The van der Waals surface area contributed by atoms with Crippen molar-refractivity contribution in [3.8, 4) is 11.5 Å². The van der Waals surface area contributed by atoms with Gasteiger partial charge in [0, 0.05) is 16.7 Å². The highest BCUT2D eigenvalue weighted by molar-refractivity contribution is 7.99. The zero-order chi connectivity index (χ0) is 21.6. The molecule has 31 heavy (non-hydrogen) atoms. The number of rotatable bonds is 7. The van der Waals surface area contributed by atoms with Crippen LogP contribution >= 0.6 is 11.8 Å². The number of halogens is 1. The van der Waals surface area contributed by atoms with E-state index in [2.05, 4.69) is 15.5 Å². The van der Waals surface area contributed by atoms with Gasteiger partial charge in [0.2, 0.25) is 11.8 Å². The molecule has 1 aromatic heterocycles. The molecule has 0 spiro atoms. The number of aromatic nitrogens is 2. The van der Waals surface area contributed by atoms with Crippen LogP contribution in [-0.2, 0) is 4.79 Å². The van der Waals surface area contributed by atoms with Gasteiger partial charge in [0.05, 0.1) is 11.4 Å². The van der Waals surface area contributed by atoms with Crippen LogP contribution in [0.15, 0.2) is 88.5 Å². The third-order valence-electron chi connectivity index (χ3n) is 4.29. The van der Waals surface area contributed by atoms with Gasteiger partial charge in [-0.3, -0.25) is 9.59 Å². The van der Waals surface area contributed by atoms with Crippen LogP contribution in [0.25, 0.3) is 11.5 Å². The molecule has 1 N–H and O–H groups in total. The molecular formula is C23H16FN3O3S. The Labute approximate surface area is 181 Å². The lowest BCUT2D eigenvalue weighted by molar-refractivity contribution is -0.113. The van der Waals surface area contributed by atoms with E-state index in [0.29, 0.717) is 22.4 Å². The first-order chi connectivity index (χ1) is 15.1. The maximum absolute atomic E-state index is 13.3. The number of nitrogens with one attached hydrogen (secondary N) is 1. The molecule has 0 aliphatic rings. The van der Waals surface area contributed by atoms with E-state index in [1.165, 1.54) is 12.1 Å². The van der Waals surface area contributed by atoms with E-state index in [0.717, 1.165) is 11.8 Å². The average molecular weight is 433 g/mol. The van der Waals surface area contributed by atoms with Crippen LogP contribution in [0.2, 0.25) is 0 Å². The number of hydrogen-bond acceptors (Lipinski definition) is 6. The van der Waals surface area contributed by atoms with E-state index in [4.69, 9.17) is 4.42 Å². The van der Waals surface area contributed by atoms with E-state index >= 15 is 0 Å². The maximum atomic E-state index is 13.3. The number of carbonyl (C=O) groups excluding carboxylic acids is 2. The van der Waals surface area contributed by atoms with Crippen LogP contribution in [0.3, 0.4) is 0 Å². The Morgan fingerprint density at radius 3 is 2.52 bits per heavy atom. The summed E-state index contributed by atoms with van der Waals surface area (Å²) in [5, 5.41) is 10.7. The summed E-state index contributed by atoms with van der Waals surface area (Å²) >= 11 is 1.05. The molecule has 3 aromatic carbocycles. The van der Waals surface area contributed by atoms with E-state index in [9.17, 15) is 14.0 Å². The fourth-order valence-corrected chi connectivity index (χ4v) is 3.42. The van der Waals surface area contributed by atoms with Crippen LogP contribution in [0.5, 0.6) is 0 Å². The molecule has 1 heterocycles. The Morgan fingerprint density at radius 1 is 0.935 bits per heavy atom. The summed E-state index contributed by atoms with van der Waals surface area (Å²) in [4.78, 5) is 25.2. The highest BCUT2D eigenvalue weighted by Crippen LogP contribution is 2.24. The highest BCUT2D eigenvalue weighted by atomic mass is 32.2. The minimum Gasteiger partial charge on any atom is -0.411 e. The van der Waals surface area contributed by atoms with Gasteiger partial charge in [0.1, 0.15) is 5.82 Å². The zero-order valence-electron chi connectivity index (χ0n) is 16.1. The first kappa shape index (κ1) is 20.5.